The van der Waals surface area contributed by atoms with Crippen molar-refractivity contribution in [2.24, 2.45) is 0 Å². The van der Waals surface area contributed by atoms with Crippen molar-refractivity contribution >= 4 is 22.8 Å². The Morgan fingerprint density at radius 3 is 2.62 bits per heavy atom. The molecule has 1 aliphatic heterocycles. The molecule has 1 amide bonds. The number of carbonyl (C=O) groups is 1. The Balaban J connectivity index is 1.27. The van der Waals surface area contributed by atoms with Gasteiger partial charge in [0.2, 0.25) is 0 Å². The molecule has 32 heavy (non-hydrogen) atoms. The SMILES string of the molecule is O=C(N[C@@H]1CN(c2cnc3ccccc3n2)C[C@H]1O)c1ccc(-c2cccc(F)c2)nc1. The van der Waals surface area contributed by atoms with Gasteiger partial charge in [0.25, 0.3) is 5.91 Å². The molecule has 0 radical (unpaired) electrons. The number of anilines is 1. The standard InChI is InChI=1S/C24H20FN5O2/c25-17-5-3-4-15(10-17)18-9-8-16(11-26-18)24(32)29-21-13-30(14-22(21)31)23-12-27-19-6-1-2-7-20(19)28-23/h1-12,21-22,31H,13-14H2,(H,29,32)/t21-,22-/m1/s1. The van der Waals surface area contributed by atoms with Gasteiger partial charge in [0, 0.05) is 24.8 Å². The number of hydrogen-bond donors (Lipinski definition) is 2. The number of halogens is 1. The van der Waals surface area contributed by atoms with Crippen LogP contribution in [0.15, 0.2) is 73.1 Å². The number of β-amino-alcohol motifs (C(OH)–C–C–N with tert-alkyl or cyclic N) is 1. The molecular formula is C24H20FN5O2. The van der Waals surface area contributed by atoms with Gasteiger partial charge in [0.1, 0.15) is 11.6 Å². The fraction of sp³-hybridized carbons (Fsp3) is 0.167. The summed E-state index contributed by atoms with van der Waals surface area (Å²) in [6, 6.07) is 16.6. The van der Waals surface area contributed by atoms with Crippen LogP contribution >= 0.6 is 0 Å². The number of carbonyl (C=O) groups excluding carboxylic acids is 1. The number of aromatic nitrogens is 3. The molecule has 0 aliphatic carbocycles. The lowest BCUT2D eigenvalue weighted by atomic mass is 10.1. The Bertz CT molecular complexity index is 1280. The quantitative estimate of drug-likeness (QED) is 0.519. The van der Waals surface area contributed by atoms with E-state index in [1.165, 1.54) is 18.3 Å². The minimum absolute atomic E-state index is 0.334. The Kier molecular flexibility index (Phi) is 5.20. The average Bonchev–Trinajstić information content (AvgIpc) is 3.19. The number of fused-ring (bicyclic) bond motifs is 1. The third kappa shape index (κ3) is 4.00. The number of pyridine rings is 1. The van der Waals surface area contributed by atoms with E-state index in [0.29, 0.717) is 35.7 Å². The van der Waals surface area contributed by atoms with Crippen molar-refractivity contribution in [3.63, 3.8) is 0 Å². The molecule has 2 aromatic carbocycles. The topological polar surface area (TPSA) is 91.2 Å². The van der Waals surface area contributed by atoms with Crippen molar-refractivity contribution in [3.8, 4) is 11.3 Å². The maximum atomic E-state index is 13.4. The molecule has 2 aromatic heterocycles. The Morgan fingerprint density at radius 1 is 1.00 bits per heavy atom. The molecule has 8 heteroatoms. The fourth-order valence-electron chi connectivity index (χ4n) is 3.81. The van der Waals surface area contributed by atoms with Crippen molar-refractivity contribution in [1.29, 1.82) is 0 Å². The summed E-state index contributed by atoms with van der Waals surface area (Å²) < 4.78 is 13.4. The number of aliphatic hydroxyl groups excluding tert-OH is 1. The number of rotatable bonds is 4. The summed E-state index contributed by atoms with van der Waals surface area (Å²) in [6.45, 7) is 0.753. The minimum atomic E-state index is -0.744. The van der Waals surface area contributed by atoms with Gasteiger partial charge in [0.15, 0.2) is 0 Å². The number of nitrogens with one attached hydrogen (secondary N) is 1. The van der Waals surface area contributed by atoms with E-state index in [1.807, 2.05) is 29.2 Å². The van der Waals surface area contributed by atoms with Gasteiger partial charge in [-0.3, -0.25) is 14.8 Å². The van der Waals surface area contributed by atoms with Gasteiger partial charge in [-0.2, -0.15) is 0 Å². The molecule has 1 fully saturated rings. The number of benzene rings is 2. The van der Waals surface area contributed by atoms with Crippen molar-refractivity contribution < 1.29 is 14.3 Å². The summed E-state index contributed by atoms with van der Waals surface area (Å²) in [5.41, 5.74) is 3.14. The highest BCUT2D eigenvalue weighted by molar-refractivity contribution is 5.94. The van der Waals surface area contributed by atoms with Gasteiger partial charge in [-0.25, -0.2) is 9.37 Å². The highest BCUT2D eigenvalue weighted by Crippen LogP contribution is 2.21. The van der Waals surface area contributed by atoms with E-state index in [9.17, 15) is 14.3 Å². The first kappa shape index (κ1) is 20.0. The molecule has 0 spiro atoms. The van der Waals surface area contributed by atoms with Crippen molar-refractivity contribution in [2.45, 2.75) is 12.1 Å². The molecule has 2 N–H and O–H groups in total. The highest BCUT2D eigenvalue weighted by Gasteiger charge is 2.33. The number of para-hydroxylation sites is 2. The second kappa shape index (κ2) is 8.32. The van der Waals surface area contributed by atoms with Crippen molar-refractivity contribution in [2.75, 3.05) is 18.0 Å². The van der Waals surface area contributed by atoms with E-state index in [1.54, 1.807) is 30.5 Å². The number of hydrogen-bond acceptors (Lipinski definition) is 6. The third-order valence-corrected chi connectivity index (χ3v) is 5.51. The lowest BCUT2D eigenvalue weighted by molar-refractivity contribution is 0.0888. The third-order valence-electron chi connectivity index (χ3n) is 5.51. The molecule has 5 rings (SSSR count). The number of nitrogens with zero attached hydrogens (tertiary/aromatic N) is 4. The van der Waals surface area contributed by atoms with E-state index in [-0.39, 0.29) is 11.7 Å². The highest BCUT2D eigenvalue weighted by atomic mass is 19.1. The monoisotopic (exact) mass is 429 g/mol. The number of amides is 1. The first-order chi connectivity index (χ1) is 15.6. The van der Waals surface area contributed by atoms with Crippen LogP contribution in [0, 0.1) is 5.82 Å². The van der Waals surface area contributed by atoms with E-state index in [0.717, 1.165) is 11.0 Å². The van der Waals surface area contributed by atoms with Crippen LogP contribution in [0.4, 0.5) is 10.2 Å². The van der Waals surface area contributed by atoms with E-state index >= 15 is 0 Å². The fourth-order valence-corrected chi connectivity index (χ4v) is 3.81. The van der Waals surface area contributed by atoms with Gasteiger partial charge in [-0.1, -0.05) is 24.3 Å². The van der Waals surface area contributed by atoms with Crippen LogP contribution in [-0.2, 0) is 0 Å². The Hall–Kier alpha value is -3.91. The maximum Gasteiger partial charge on any atom is 0.253 e. The van der Waals surface area contributed by atoms with Crippen LogP contribution in [0.3, 0.4) is 0 Å². The van der Waals surface area contributed by atoms with Crippen molar-refractivity contribution in [3.05, 3.63) is 84.4 Å². The minimum Gasteiger partial charge on any atom is -0.389 e. The molecule has 1 aliphatic rings. The van der Waals surface area contributed by atoms with E-state index in [2.05, 4.69) is 20.3 Å². The lowest BCUT2D eigenvalue weighted by Gasteiger charge is -2.17. The molecule has 2 atom stereocenters. The van der Waals surface area contributed by atoms with Crippen LogP contribution in [0.25, 0.3) is 22.3 Å². The summed E-state index contributed by atoms with van der Waals surface area (Å²) in [6.07, 6.45) is 2.38. The second-order valence-corrected chi connectivity index (χ2v) is 7.71. The first-order valence-electron chi connectivity index (χ1n) is 10.2. The molecule has 0 unspecified atom stereocenters. The van der Waals surface area contributed by atoms with Gasteiger partial charge in [-0.15, -0.1) is 0 Å². The van der Waals surface area contributed by atoms with Gasteiger partial charge in [0.05, 0.1) is 40.6 Å². The summed E-state index contributed by atoms with van der Waals surface area (Å²) in [5.74, 6) is -0.0265. The zero-order chi connectivity index (χ0) is 22.1. The summed E-state index contributed by atoms with van der Waals surface area (Å²) in [7, 11) is 0. The number of aliphatic hydroxyl groups is 1. The van der Waals surface area contributed by atoms with Gasteiger partial charge in [-0.05, 0) is 36.4 Å². The molecule has 160 valence electrons. The van der Waals surface area contributed by atoms with Crippen LogP contribution < -0.4 is 10.2 Å². The molecule has 1 saturated heterocycles. The summed E-state index contributed by atoms with van der Waals surface area (Å²) >= 11 is 0. The summed E-state index contributed by atoms with van der Waals surface area (Å²) in [4.78, 5) is 27.9. The summed E-state index contributed by atoms with van der Waals surface area (Å²) in [5, 5.41) is 13.4. The Labute approximate surface area is 183 Å². The van der Waals surface area contributed by atoms with Crippen molar-refractivity contribution in [1.82, 2.24) is 20.3 Å². The normalized spacial score (nSPS) is 18.1. The van der Waals surface area contributed by atoms with Gasteiger partial charge >= 0.3 is 0 Å². The van der Waals surface area contributed by atoms with E-state index in [4.69, 9.17) is 0 Å². The van der Waals surface area contributed by atoms with Crippen LogP contribution in [-0.4, -0.2) is 51.2 Å². The first-order valence-corrected chi connectivity index (χ1v) is 10.2. The molecule has 0 saturated carbocycles. The zero-order valence-electron chi connectivity index (χ0n) is 17.0. The molecule has 4 aromatic rings. The van der Waals surface area contributed by atoms with E-state index < -0.39 is 12.1 Å². The van der Waals surface area contributed by atoms with Crippen LogP contribution in [0.2, 0.25) is 0 Å². The molecule has 3 heterocycles. The predicted molar refractivity (Wildman–Crippen MR) is 119 cm³/mol. The Morgan fingerprint density at radius 2 is 1.84 bits per heavy atom. The van der Waals surface area contributed by atoms with Crippen LogP contribution in [0.1, 0.15) is 10.4 Å². The predicted octanol–water partition coefficient (Wildman–Crippen LogP) is 2.81. The molecule has 0 bridgehead atoms. The zero-order valence-corrected chi connectivity index (χ0v) is 17.0. The van der Waals surface area contributed by atoms with Crippen LogP contribution in [0.5, 0.6) is 0 Å². The lowest BCUT2D eigenvalue weighted by Crippen LogP contribution is -2.42. The largest absolute Gasteiger partial charge is 0.389 e. The molecular weight excluding hydrogens is 409 g/mol. The molecule has 7 nitrogen and oxygen atoms in total. The van der Waals surface area contributed by atoms with Gasteiger partial charge < -0.3 is 15.3 Å². The average molecular weight is 429 g/mol. The maximum absolute atomic E-state index is 13.4. The smallest absolute Gasteiger partial charge is 0.253 e. The second-order valence-electron chi connectivity index (χ2n) is 7.71.